The highest BCUT2D eigenvalue weighted by Crippen LogP contribution is 2.18. The Morgan fingerprint density at radius 2 is 2.18 bits per heavy atom. The number of hydrogen-bond donors (Lipinski definition) is 1. The standard InChI is InChI=1S/C10H13ClFNO3S/c1-2-16-6-5-13-17(14,15)8-3-4-10(12)9(11)7-8/h3-4,7,13H,2,5-6H2,1H3. The molecule has 0 saturated heterocycles. The number of sulfonamides is 1. The average molecular weight is 282 g/mol. The molecular weight excluding hydrogens is 269 g/mol. The minimum Gasteiger partial charge on any atom is -0.380 e. The first kappa shape index (κ1) is 14.4. The first-order chi connectivity index (χ1) is 7.97. The quantitative estimate of drug-likeness (QED) is 0.809. The van der Waals surface area contributed by atoms with Crippen molar-refractivity contribution in [1.29, 1.82) is 0 Å². The van der Waals surface area contributed by atoms with Crippen LogP contribution >= 0.6 is 11.6 Å². The molecule has 1 aromatic carbocycles. The summed E-state index contributed by atoms with van der Waals surface area (Å²) < 4.78 is 43.6. The molecule has 96 valence electrons. The minimum atomic E-state index is -3.66. The Hall–Kier alpha value is -0.690. The van der Waals surface area contributed by atoms with Gasteiger partial charge in [-0.3, -0.25) is 0 Å². The van der Waals surface area contributed by atoms with E-state index in [1.165, 1.54) is 0 Å². The van der Waals surface area contributed by atoms with Crippen LogP contribution in [0.5, 0.6) is 0 Å². The number of ether oxygens (including phenoxy) is 1. The Kier molecular flexibility index (Phi) is 5.32. The number of benzene rings is 1. The third kappa shape index (κ3) is 4.23. The maximum Gasteiger partial charge on any atom is 0.240 e. The molecule has 4 nitrogen and oxygen atoms in total. The van der Waals surface area contributed by atoms with Crippen molar-refractivity contribution in [2.45, 2.75) is 11.8 Å². The Morgan fingerprint density at radius 3 is 2.76 bits per heavy atom. The molecule has 0 aliphatic heterocycles. The zero-order valence-electron chi connectivity index (χ0n) is 9.24. The van der Waals surface area contributed by atoms with Crippen LogP contribution in [0.4, 0.5) is 4.39 Å². The molecule has 0 aromatic heterocycles. The number of halogens is 2. The van der Waals surface area contributed by atoms with Gasteiger partial charge in [0.2, 0.25) is 10.0 Å². The molecule has 0 aliphatic rings. The van der Waals surface area contributed by atoms with Crippen molar-refractivity contribution < 1.29 is 17.5 Å². The van der Waals surface area contributed by atoms with E-state index in [2.05, 4.69) is 4.72 Å². The number of hydrogen-bond acceptors (Lipinski definition) is 3. The lowest BCUT2D eigenvalue weighted by Gasteiger charge is -2.07. The van der Waals surface area contributed by atoms with Crippen molar-refractivity contribution in [3.05, 3.63) is 29.0 Å². The van der Waals surface area contributed by atoms with Gasteiger partial charge in [0.1, 0.15) is 5.82 Å². The summed E-state index contributed by atoms with van der Waals surface area (Å²) in [6, 6.07) is 3.24. The van der Waals surface area contributed by atoms with Crippen molar-refractivity contribution in [3.8, 4) is 0 Å². The minimum absolute atomic E-state index is 0.0691. The van der Waals surface area contributed by atoms with Gasteiger partial charge in [-0.1, -0.05) is 11.6 Å². The van der Waals surface area contributed by atoms with Crippen LogP contribution in [-0.2, 0) is 14.8 Å². The molecule has 0 spiro atoms. The van der Waals surface area contributed by atoms with Gasteiger partial charge in [-0.2, -0.15) is 0 Å². The fourth-order valence-corrected chi connectivity index (χ4v) is 2.40. The van der Waals surface area contributed by atoms with Gasteiger partial charge in [-0.05, 0) is 25.1 Å². The van der Waals surface area contributed by atoms with Crippen molar-refractivity contribution in [1.82, 2.24) is 4.72 Å². The second-order valence-corrected chi connectivity index (χ2v) is 5.34. The predicted octanol–water partition coefficient (Wildman–Crippen LogP) is 1.79. The first-order valence-corrected chi connectivity index (χ1v) is 6.86. The molecule has 0 radical (unpaired) electrons. The summed E-state index contributed by atoms with van der Waals surface area (Å²) in [6.07, 6.45) is 0. The Morgan fingerprint density at radius 1 is 1.47 bits per heavy atom. The molecule has 17 heavy (non-hydrogen) atoms. The van der Waals surface area contributed by atoms with E-state index in [4.69, 9.17) is 16.3 Å². The fourth-order valence-electron chi connectivity index (χ4n) is 1.12. The summed E-state index contributed by atoms with van der Waals surface area (Å²) in [6.45, 7) is 2.77. The van der Waals surface area contributed by atoms with Gasteiger partial charge in [0, 0.05) is 13.2 Å². The highest BCUT2D eigenvalue weighted by molar-refractivity contribution is 7.89. The van der Waals surface area contributed by atoms with Crippen LogP contribution in [0.2, 0.25) is 5.02 Å². The van der Waals surface area contributed by atoms with Crippen LogP contribution in [0.15, 0.2) is 23.1 Å². The molecule has 0 fully saturated rings. The maximum atomic E-state index is 12.9. The highest BCUT2D eigenvalue weighted by atomic mass is 35.5. The van der Waals surface area contributed by atoms with Gasteiger partial charge >= 0.3 is 0 Å². The van der Waals surface area contributed by atoms with Crippen LogP contribution in [0.1, 0.15) is 6.92 Å². The molecule has 0 saturated carbocycles. The number of rotatable bonds is 6. The van der Waals surface area contributed by atoms with Crippen molar-refractivity contribution in [3.63, 3.8) is 0 Å². The van der Waals surface area contributed by atoms with Gasteiger partial charge in [-0.25, -0.2) is 17.5 Å². The Balaban J connectivity index is 2.72. The van der Waals surface area contributed by atoms with Crippen LogP contribution in [0.25, 0.3) is 0 Å². The van der Waals surface area contributed by atoms with E-state index < -0.39 is 15.8 Å². The van der Waals surface area contributed by atoms with Gasteiger partial charge in [0.05, 0.1) is 16.5 Å². The molecule has 0 heterocycles. The fraction of sp³-hybridized carbons (Fsp3) is 0.400. The number of nitrogens with one attached hydrogen (secondary N) is 1. The molecular formula is C10H13ClFNO3S. The summed E-state index contributed by atoms with van der Waals surface area (Å²) in [5.74, 6) is -0.653. The Labute approximate surface area is 105 Å². The third-order valence-corrected chi connectivity index (χ3v) is 3.69. The van der Waals surface area contributed by atoms with Crippen molar-refractivity contribution in [2.24, 2.45) is 0 Å². The lowest BCUT2D eigenvalue weighted by Crippen LogP contribution is -2.27. The summed E-state index contributed by atoms with van der Waals surface area (Å²) in [4.78, 5) is -0.0691. The van der Waals surface area contributed by atoms with Crippen LogP contribution in [0.3, 0.4) is 0 Å². The van der Waals surface area contributed by atoms with E-state index in [-0.39, 0.29) is 23.1 Å². The van der Waals surface area contributed by atoms with E-state index in [1.54, 1.807) is 0 Å². The van der Waals surface area contributed by atoms with Crippen LogP contribution in [0, 0.1) is 5.82 Å². The highest BCUT2D eigenvalue weighted by Gasteiger charge is 2.14. The van der Waals surface area contributed by atoms with Crippen LogP contribution in [-0.4, -0.2) is 28.2 Å². The lowest BCUT2D eigenvalue weighted by molar-refractivity contribution is 0.153. The van der Waals surface area contributed by atoms with E-state index in [0.29, 0.717) is 6.61 Å². The van der Waals surface area contributed by atoms with Gasteiger partial charge in [-0.15, -0.1) is 0 Å². The first-order valence-electron chi connectivity index (χ1n) is 5.00. The van der Waals surface area contributed by atoms with E-state index in [1.807, 2.05) is 6.92 Å². The molecule has 1 rings (SSSR count). The van der Waals surface area contributed by atoms with Crippen molar-refractivity contribution >= 4 is 21.6 Å². The normalized spacial score (nSPS) is 11.7. The monoisotopic (exact) mass is 281 g/mol. The van der Waals surface area contributed by atoms with E-state index in [9.17, 15) is 12.8 Å². The second kappa shape index (κ2) is 6.30. The zero-order chi connectivity index (χ0) is 12.9. The van der Waals surface area contributed by atoms with Crippen molar-refractivity contribution in [2.75, 3.05) is 19.8 Å². The topological polar surface area (TPSA) is 55.4 Å². The predicted molar refractivity (Wildman–Crippen MR) is 63.1 cm³/mol. The maximum absolute atomic E-state index is 12.9. The van der Waals surface area contributed by atoms with E-state index >= 15 is 0 Å². The Bertz CT molecular complexity index is 478. The smallest absolute Gasteiger partial charge is 0.240 e. The largest absolute Gasteiger partial charge is 0.380 e. The molecule has 0 aliphatic carbocycles. The second-order valence-electron chi connectivity index (χ2n) is 3.17. The van der Waals surface area contributed by atoms with Gasteiger partial charge < -0.3 is 4.74 Å². The summed E-state index contributed by atoms with van der Waals surface area (Å²) in [5, 5.41) is -0.224. The average Bonchev–Trinajstić information content (AvgIpc) is 2.28. The summed E-state index contributed by atoms with van der Waals surface area (Å²) in [5.41, 5.74) is 0. The van der Waals surface area contributed by atoms with E-state index in [0.717, 1.165) is 18.2 Å². The van der Waals surface area contributed by atoms with Crippen LogP contribution < -0.4 is 4.72 Å². The molecule has 7 heteroatoms. The van der Waals surface area contributed by atoms with Gasteiger partial charge in [0.15, 0.2) is 0 Å². The zero-order valence-corrected chi connectivity index (χ0v) is 10.8. The molecule has 0 bridgehead atoms. The SMILES string of the molecule is CCOCCNS(=O)(=O)c1ccc(F)c(Cl)c1. The molecule has 0 amide bonds. The molecule has 0 unspecified atom stereocenters. The summed E-state index contributed by atoms with van der Waals surface area (Å²) >= 11 is 5.51. The molecule has 0 atom stereocenters. The lowest BCUT2D eigenvalue weighted by atomic mass is 10.3. The molecule has 1 N–H and O–H groups in total. The molecule has 1 aromatic rings. The summed E-state index contributed by atoms with van der Waals surface area (Å²) in [7, 11) is -3.66. The third-order valence-electron chi connectivity index (χ3n) is 1.94. The van der Waals surface area contributed by atoms with Gasteiger partial charge in [0.25, 0.3) is 0 Å².